The number of nitrogens with one attached hydrogen (secondary N) is 2. The van der Waals surface area contributed by atoms with Crippen LogP contribution in [-0.4, -0.2) is 33.0 Å². The molecule has 2 heterocycles. The molecule has 2 aromatic carbocycles. The number of hydrogen-bond donors (Lipinski definition) is 3. The number of amides is 2. The van der Waals surface area contributed by atoms with Crippen molar-refractivity contribution >= 4 is 73.7 Å². The van der Waals surface area contributed by atoms with E-state index in [0.29, 0.717) is 20.1 Å². The third-order valence-electron chi connectivity index (χ3n) is 4.25. The summed E-state index contributed by atoms with van der Waals surface area (Å²) in [6.45, 7) is 0. The Morgan fingerprint density at radius 2 is 1.97 bits per heavy atom. The highest BCUT2D eigenvalue weighted by atomic mass is 32.2. The van der Waals surface area contributed by atoms with E-state index >= 15 is 0 Å². The molecule has 4 rings (SSSR count). The zero-order chi connectivity index (χ0) is 21.8. The van der Waals surface area contributed by atoms with E-state index in [1.54, 1.807) is 6.08 Å². The van der Waals surface area contributed by atoms with E-state index in [0.717, 1.165) is 16.5 Å². The maximum Gasteiger partial charge on any atom is 0.303 e. The molecular weight excluding hydrogens is 436 g/mol. The number of carbonyl (C=O) groups excluding carboxylic acids is 2. The van der Waals surface area contributed by atoms with Gasteiger partial charge in [-0.25, -0.2) is 9.98 Å². The molecule has 1 aliphatic rings. The van der Waals surface area contributed by atoms with Crippen molar-refractivity contribution in [3.8, 4) is 0 Å². The minimum atomic E-state index is -1.04. The van der Waals surface area contributed by atoms with Crippen LogP contribution in [0.2, 0.25) is 0 Å². The summed E-state index contributed by atoms with van der Waals surface area (Å²) < 4.78 is 0. The highest BCUT2D eigenvalue weighted by Gasteiger charge is 2.24. The molecule has 0 radical (unpaired) electrons. The van der Waals surface area contributed by atoms with Gasteiger partial charge in [-0.1, -0.05) is 47.7 Å². The third kappa shape index (κ3) is 5.16. The van der Waals surface area contributed by atoms with Crippen LogP contribution < -0.4 is 10.6 Å². The van der Waals surface area contributed by atoms with Gasteiger partial charge in [0.25, 0.3) is 5.91 Å². The normalized spacial score (nSPS) is 16.1. The van der Waals surface area contributed by atoms with Gasteiger partial charge in [0.2, 0.25) is 5.91 Å². The van der Waals surface area contributed by atoms with Gasteiger partial charge in [0.1, 0.15) is 0 Å². The number of thioether (sulfide) groups is 1. The third-order valence-corrected chi connectivity index (χ3v) is 6.02. The van der Waals surface area contributed by atoms with Crippen molar-refractivity contribution in [3.63, 3.8) is 0 Å². The molecule has 1 saturated heterocycles. The van der Waals surface area contributed by atoms with Gasteiger partial charge >= 0.3 is 5.97 Å². The van der Waals surface area contributed by atoms with E-state index in [9.17, 15) is 14.4 Å². The molecular formula is C21H16N4O4S2. The second-order valence-corrected chi connectivity index (χ2v) is 8.58. The number of carboxylic acid groups (broad SMARTS) is 1. The number of amidine groups is 1. The largest absolute Gasteiger partial charge is 0.481 e. The molecule has 0 unspecified atom stereocenters. The first-order valence-electron chi connectivity index (χ1n) is 9.23. The van der Waals surface area contributed by atoms with E-state index in [1.165, 1.54) is 29.3 Å². The maximum absolute atomic E-state index is 12.4. The number of aliphatic imine (C=N–C) groups is 1. The van der Waals surface area contributed by atoms with Crippen LogP contribution in [0.5, 0.6) is 0 Å². The minimum absolute atomic E-state index is 0.127. The lowest BCUT2D eigenvalue weighted by atomic mass is 10.1. The van der Waals surface area contributed by atoms with Crippen molar-refractivity contribution in [1.82, 2.24) is 10.3 Å². The fourth-order valence-electron chi connectivity index (χ4n) is 2.84. The van der Waals surface area contributed by atoms with E-state index < -0.39 is 11.9 Å². The highest BCUT2D eigenvalue weighted by molar-refractivity contribution is 8.18. The number of aromatic nitrogens is 1. The van der Waals surface area contributed by atoms with Crippen molar-refractivity contribution in [2.75, 3.05) is 5.32 Å². The predicted octanol–water partition coefficient (Wildman–Crippen LogP) is 3.99. The monoisotopic (exact) mass is 452 g/mol. The second-order valence-electron chi connectivity index (χ2n) is 6.49. The Morgan fingerprint density at radius 3 is 2.81 bits per heavy atom. The SMILES string of the molecule is O=C(O)CCC(=O)Nc1ncc(/C=C2\S/C(=N\c3cccc4ccccc34)NC2=O)s1. The standard InChI is InChI=1S/C21H16N4O4S2/c26-17(8-9-18(27)28)24-20-22-11-13(30-20)10-16-19(29)25-21(31-16)23-15-7-3-5-12-4-1-2-6-14(12)15/h1-7,10-11H,8-9H2,(H,27,28)(H,22,24,26)(H,23,25,29)/b16-10-. The van der Waals surface area contributed by atoms with Gasteiger partial charge in [0.05, 0.1) is 21.9 Å². The summed E-state index contributed by atoms with van der Waals surface area (Å²) in [7, 11) is 0. The van der Waals surface area contributed by atoms with E-state index in [1.807, 2.05) is 42.5 Å². The maximum atomic E-state index is 12.4. The minimum Gasteiger partial charge on any atom is -0.481 e. The summed E-state index contributed by atoms with van der Waals surface area (Å²) in [5.41, 5.74) is 0.770. The number of aliphatic carboxylic acids is 1. The molecule has 0 spiro atoms. The zero-order valence-electron chi connectivity index (χ0n) is 16.0. The van der Waals surface area contributed by atoms with Crippen LogP contribution in [-0.2, 0) is 14.4 Å². The van der Waals surface area contributed by atoms with Crippen molar-refractivity contribution in [2.24, 2.45) is 4.99 Å². The first-order chi connectivity index (χ1) is 15.0. The average Bonchev–Trinajstić information content (AvgIpc) is 3.33. The summed E-state index contributed by atoms with van der Waals surface area (Å²) in [6, 6.07) is 13.7. The van der Waals surface area contributed by atoms with Gasteiger partial charge in [0.15, 0.2) is 10.3 Å². The lowest BCUT2D eigenvalue weighted by molar-refractivity contribution is -0.138. The van der Waals surface area contributed by atoms with Crippen LogP contribution >= 0.6 is 23.1 Å². The topological polar surface area (TPSA) is 121 Å². The first kappa shape index (κ1) is 20.8. The fraction of sp³-hybridized carbons (Fsp3) is 0.0952. The molecule has 8 nitrogen and oxygen atoms in total. The molecule has 1 aromatic heterocycles. The van der Waals surface area contributed by atoms with Crippen LogP contribution in [0.1, 0.15) is 17.7 Å². The van der Waals surface area contributed by atoms with Gasteiger partial charge in [-0.05, 0) is 29.3 Å². The lowest BCUT2D eigenvalue weighted by Gasteiger charge is -2.02. The van der Waals surface area contributed by atoms with Crippen molar-refractivity contribution in [2.45, 2.75) is 12.8 Å². The smallest absolute Gasteiger partial charge is 0.303 e. The van der Waals surface area contributed by atoms with E-state index in [4.69, 9.17) is 5.11 Å². The number of benzene rings is 2. The van der Waals surface area contributed by atoms with Crippen LogP contribution in [0.3, 0.4) is 0 Å². The van der Waals surface area contributed by atoms with Crippen LogP contribution in [0.4, 0.5) is 10.8 Å². The first-order valence-corrected chi connectivity index (χ1v) is 10.9. The summed E-state index contributed by atoms with van der Waals surface area (Å²) in [5, 5.41) is 16.8. The molecule has 31 heavy (non-hydrogen) atoms. The molecule has 1 fully saturated rings. The molecule has 3 aromatic rings. The summed E-state index contributed by atoms with van der Waals surface area (Å²) in [4.78, 5) is 44.5. The van der Waals surface area contributed by atoms with E-state index in [-0.39, 0.29) is 18.7 Å². The summed E-state index contributed by atoms with van der Waals surface area (Å²) >= 11 is 2.42. The number of carboxylic acids is 1. The van der Waals surface area contributed by atoms with Gasteiger partial charge in [-0.3, -0.25) is 14.4 Å². The number of fused-ring (bicyclic) bond motifs is 1. The quantitative estimate of drug-likeness (QED) is 0.486. The van der Waals surface area contributed by atoms with Gasteiger partial charge in [0, 0.05) is 18.0 Å². The van der Waals surface area contributed by atoms with Crippen LogP contribution in [0.25, 0.3) is 16.8 Å². The number of nitrogens with zero attached hydrogens (tertiary/aromatic N) is 2. The van der Waals surface area contributed by atoms with E-state index in [2.05, 4.69) is 20.6 Å². The van der Waals surface area contributed by atoms with Crippen molar-refractivity contribution in [1.29, 1.82) is 0 Å². The van der Waals surface area contributed by atoms with Crippen molar-refractivity contribution < 1.29 is 19.5 Å². The number of hydrogen-bond acceptors (Lipinski definition) is 7. The molecule has 2 amide bonds. The number of thiazole rings is 1. The number of carbonyl (C=O) groups is 3. The Bertz CT molecular complexity index is 1240. The summed E-state index contributed by atoms with van der Waals surface area (Å²) in [5.74, 6) is -1.72. The van der Waals surface area contributed by atoms with Gasteiger partial charge in [-0.2, -0.15) is 0 Å². The molecule has 0 bridgehead atoms. The Kier molecular flexibility index (Phi) is 6.10. The molecule has 0 saturated carbocycles. The number of anilines is 1. The lowest BCUT2D eigenvalue weighted by Crippen LogP contribution is -2.19. The highest BCUT2D eigenvalue weighted by Crippen LogP contribution is 2.32. The Hall–Kier alpha value is -3.50. The van der Waals surface area contributed by atoms with Gasteiger partial charge < -0.3 is 15.7 Å². The molecule has 3 N–H and O–H groups in total. The Balaban J connectivity index is 1.47. The summed E-state index contributed by atoms with van der Waals surface area (Å²) in [6.07, 6.45) is 2.84. The zero-order valence-corrected chi connectivity index (χ0v) is 17.6. The average molecular weight is 453 g/mol. The second kappa shape index (κ2) is 9.11. The van der Waals surface area contributed by atoms with Crippen LogP contribution in [0.15, 0.2) is 58.6 Å². The molecule has 156 valence electrons. The van der Waals surface area contributed by atoms with Crippen molar-refractivity contribution in [3.05, 3.63) is 58.4 Å². The Labute approximate surface area is 185 Å². The molecule has 1 aliphatic heterocycles. The molecule has 0 aliphatic carbocycles. The fourth-order valence-corrected chi connectivity index (χ4v) is 4.51. The molecule has 0 atom stereocenters. The predicted molar refractivity (Wildman–Crippen MR) is 122 cm³/mol. The molecule has 10 heteroatoms. The Morgan fingerprint density at radius 1 is 1.16 bits per heavy atom. The number of rotatable bonds is 6. The van der Waals surface area contributed by atoms with Crippen LogP contribution in [0, 0.1) is 0 Å². The van der Waals surface area contributed by atoms with Gasteiger partial charge in [-0.15, -0.1) is 0 Å².